The predicted octanol–water partition coefficient (Wildman–Crippen LogP) is 2.57. The molecule has 2 aliphatic heterocycles. The summed E-state index contributed by atoms with van der Waals surface area (Å²) in [5.74, 6) is -2.97. The van der Waals surface area contributed by atoms with Gasteiger partial charge >= 0.3 is 0 Å². The Balaban J connectivity index is 2.17. The Kier molecular flexibility index (Phi) is 4.57. The van der Waals surface area contributed by atoms with Gasteiger partial charge in [-0.3, -0.25) is 9.69 Å². The van der Waals surface area contributed by atoms with Crippen LogP contribution < -0.4 is 0 Å². The monoisotopic (exact) mass is 311 g/mol. The lowest BCUT2D eigenvalue weighted by Crippen LogP contribution is -2.43. The van der Waals surface area contributed by atoms with Crippen molar-refractivity contribution in [3.8, 4) is 6.07 Å². The average molecular weight is 311 g/mol. The summed E-state index contributed by atoms with van der Waals surface area (Å²) in [6, 6.07) is 2.08. The lowest BCUT2D eigenvalue weighted by molar-refractivity contribution is -0.127. The first-order valence-corrected chi connectivity index (χ1v) is 7.73. The van der Waals surface area contributed by atoms with Crippen molar-refractivity contribution in [2.45, 2.75) is 57.5 Å². The van der Waals surface area contributed by atoms with E-state index in [4.69, 9.17) is 0 Å². The Morgan fingerprint density at radius 2 is 2.09 bits per heavy atom. The van der Waals surface area contributed by atoms with E-state index in [0.717, 1.165) is 12.8 Å². The molecule has 1 amide bonds. The molecule has 1 atom stereocenters. The average Bonchev–Trinajstić information content (AvgIpc) is 3.01. The van der Waals surface area contributed by atoms with E-state index in [2.05, 4.69) is 0 Å². The summed E-state index contributed by atoms with van der Waals surface area (Å²) >= 11 is 0. The van der Waals surface area contributed by atoms with Gasteiger partial charge in [0.05, 0.1) is 6.54 Å². The van der Waals surface area contributed by atoms with Gasteiger partial charge in [0.1, 0.15) is 11.6 Å². The smallest absolute Gasteiger partial charge is 0.264 e. The van der Waals surface area contributed by atoms with Crippen molar-refractivity contribution in [1.29, 1.82) is 5.26 Å². The van der Waals surface area contributed by atoms with Crippen molar-refractivity contribution in [3.05, 3.63) is 11.6 Å². The minimum absolute atomic E-state index is 0.0500. The Bertz CT molecular complexity index is 522. The second-order valence-electron chi connectivity index (χ2n) is 6.84. The molecule has 2 saturated heterocycles. The minimum Gasteiger partial charge on any atom is -0.335 e. The van der Waals surface area contributed by atoms with Crippen molar-refractivity contribution in [1.82, 2.24) is 9.80 Å². The van der Waals surface area contributed by atoms with Crippen molar-refractivity contribution in [3.63, 3.8) is 0 Å². The highest BCUT2D eigenvalue weighted by Gasteiger charge is 2.43. The van der Waals surface area contributed by atoms with Crippen LogP contribution in [0.3, 0.4) is 0 Å². The Morgan fingerprint density at radius 1 is 1.41 bits per heavy atom. The number of nitrogens with zero attached hydrogens (tertiary/aromatic N) is 3. The summed E-state index contributed by atoms with van der Waals surface area (Å²) in [5.41, 5.74) is -0.696. The number of carbonyl (C=O) groups excluding carboxylic acids is 1. The molecule has 2 rings (SSSR count). The molecule has 2 aliphatic rings. The number of halogens is 2. The zero-order chi connectivity index (χ0) is 16.5. The molecular formula is C16H23F2N3O. The second kappa shape index (κ2) is 5.96. The highest BCUT2D eigenvalue weighted by molar-refractivity contribution is 5.97. The molecule has 6 heteroatoms. The molecule has 0 bridgehead atoms. The predicted molar refractivity (Wildman–Crippen MR) is 79.3 cm³/mol. The molecule has 0 aromatic carbocycles. The van der Waals surface area contributed by atoms with Crippen molar-refractivity contribution in [2.75, 3.05) is 19.6 Å². The molecule has 0 spiro atoms. The number of rotatable bonds is 3. The molecule has 0 aromatic rings. The summed E-state index contributed by atoms with van der Waals surface area (Å²) in [5, 5.41) is 9.32. The Hall–Kier alpha value is -1.48. The highest BCUT2D eigenvalue weighted by atomic mass is 19.3. The van der Waals surface area contributed by atoms with E-state index >= 15 is 0 Å². The number of nitriles is 1. The first-order chi connectivity index (χ1) is 10.2. The van der Waals surface area contributed by atoms with Gasteiger partial charge in [0, 0.05) is 31.1 Å². The number of likely N-dealkylation sites (tertiary alicyclic amines) is 2. The zero-order valence-corrected chi connectivity index (χ0v) is 13.4. The Labute approximate surface area is 130 Å². The third-order valence-corrected chi connectivity index (χ3v) is 4.65. The summed E-state index contributed by atoms with van der Waals surface area (Å²) in [4.78, 5) is 15.8. The highest BCUT2D eigenvalue weighted by Crippen LogP contribution is 2.33. The third-order valence-electron chi connectivity index (χ3n) is 4.65. The van der Waals surface area contributed by atoms with Gasteiger partial charge in [-0.25, -0.2) is 8.78 Å². The molecule has 0 unspecified atom stereocenters. The number of hydrogen-bond acceptors (Lipinski definition) is 3. The number of amides is 1. The van der Waals surface area contributed by atoms with Crippen LogP contribution in [0.2, 0.25) is 0 Å². The van der Waals surface area contributed by atoms with Gasteiger partial charge in [-0.05, 0) is 39.7 Å². The zero-order valence-electron chi connectivity index (χ0n) is 13.4. The van der Waals surface area contributed by atoms with E-state index in [0.29, 0.717) is 6.54 Å². The quantitative estimate of drug-likeness (QED) is 0.594. The molecule has 0 saturated carbocycles. The maximum atomic E-state index is 13.4. The van der Waals surface area contributed by atoms with Crippen LogP contribution in [0.1, 0.15) is 40.0 Å². The normalized spacial score (nSPS) is 26.3. The number of alkyl halides is 2. The summed E-state index contributed by atoms with van der Waals surface area (Å²) in [7, 11) is 0. The van der Waals surface area contributed by atoms with Crippen LogP contribution in [-0.4, -0.2) is 52.8 Å². The molecule has 0 N–H and O–H groups in total. The first kappa shape index (κ1) is 16.9. The van der Waals surface area contributed by atoms with Crippen LogP contribution in [-0.2, 0) is 4.79 Å². The van der Waals surface area contributed by atoms with Crippen molar-refractivity contribution in [2.24, 2.45) is 0 Å². The van der Waals surface area contributed by atoms with Gasteiger partial charge < -0.3 is 4.90 Å². The Morgan fingerprint density at radius 3 is 2.55 bits per heavy atom. The molecule has 0 radical (unpaired) electrons. The van der Waals surface area contributed by atoms with Crippen LogP contribution in [0.25, 0.3) is 0 Å². The summed E-state index contributed by atoms with van der Waals surface area (Å²) in [6.07, 6.45) is 3.24. The summed E-state index contributed by atoms with van der Waals surface area (Å²) < 4.78 is 26.8. The van der Waals surface area contributed by atoms with Crippen LogP contribution >= 0.6 is 0 Å². The van der Waals surface area contributed by atoms with Crippen molar-refractivity contribution < 1.29 is 13.6 Å². The van der Waals surface area contributed by atoms with Crippen molar-refractivity contribution >= 4 is 5.91 Å². The lowest BCUT2D eigenvalue weighted by atomic mass is 9.98. The number of hydrogen-bond donors (Lipinski definition) is 0. The van der Waals surface area contributed by atoms with E-state index in [-0.39, 0.29) is 37.0 Å². The SMILES string of the molecule is C[C@@H]1CCCN1C(=O)C(C#N)=CC(C)(C)N1CCC(F)(F)C1. The maximum Gasteiger partial charge on any atom is 0.264 e. The topological polar surface area (TPSA) is 47.3 Å². The van der Waals surface area contributed by atoms with Gasteiger partial charge in [-0.1, -0.05) is 0 Å². The maximum absolute atomic E-state index is 13.4. The van der Waals surface area contributed by atoms with Crippen LogP contribution in [0.4, 0.5) is 8.78 Å². The van der Waals surface area contributed by atoms with Crippen LogP contribution in [0.5, 0.6) is 0 Å². The van der Waals surface area contributed by atoms with E-state index in [1.807, 2.05) is 13.0 Å². The number of carbonyl (C=O) groups is 1. The fraction of sp³-hybridized carbons (Fsp3) is 0.750. The molecule has 2 heterocycles. The molecular weight excluding hydrogens is 288 g/mol. The molecule has 4 nitrogen and oxygen atoms in total. The first-order valence-electron chi connectivity index (χ1n) is 7.73. The minimum atomic E-state index is -2.69. The molecule has 0 aromatic heterocycles. The van der Waals surface area contributed by atoms with Crippen LogP contribution in [0.15, 0.2) is 11.6 Å². The molecule has 2 fully saturated rings. The fourth-order valence-electron chi connectivity index (χ4n) is 3.20. The van der Waals surface area contributed by atoms with Gasteiger partial charge in [-0.15, -0.1) is 0 Å². The van der Waals surface area contributed by atoms with Gasteiger partial charge in [0.15, 0.2) is 0 Å². The van der Waals surface area contributed by atoms with Gasteiger partial charge in [0.2, 0.25) is 0 Å². The molecule has 0 aliphatic carbocycles. The molecule has 122 valence electrons. The second-order valence-corrected chi connectivity index (χ2v) is 6.84. The largest absolute Gasteiger partial charge is 0.335 e. The fourth-order valence-corrected chi connectivity index (χ4v) is 3.20. The van der Waals surface area contributed by atoms with E-state index in [1.165, 1.54) is 0 Å². The lowest BCUT2D eigenvalue weighted by Gasteiger charge is -2.33. The van der Waals surface area contributed by atoms with E-state index < -0.39 is 11.5 Å². The van der Waals surface area contributed by atoms with Crippen LogP contribution in [0, 0.1) is 11.3 Å². The van der Waals surface area contributed by atoms with E-state index in [1.54, 1.807) is 29.7 Å². The standard InChI is InChI=1S/C16H23F2N3O/c1-12-5-4-7-21(12)14(22)13(10-19)9-15(2,3)20-8-6-16(17,18)11-20/h9,12H,4-8,11H2,1-3H3/t12-/m1/s1. The molecule has 22 heavy (non-hydrogen) atoms. The van der Waals surface area contributed by atoms with E-state index in [9.17, 15) is 18.8 Å². The van der Waals surface area contributed by atoms with Gasteiger partial charge in [-0.2, -0.15) is 5.26 Å². The summed E-state index contributed by atoms with van der Waals surface area (Å²) in [6.45, 7) is 6.10. The third kappa shape index (κ3) is 3.46. The van der Waals surface area contributed by atoms with Gasteiger partial charge in [0.25, 0.3) is 11.8 Å².